The molecule has 1 aliphatic rings. The summed E-state index contributed by atoms with van der Waals surface area (Å²) in [5, 5.41) is 21.9. The fourth-order valence-electron chi connectivity index (χ4n) is 4.18. The van der Waals surface area contributed by atoms with Crippen LogP contribution < -0.4 is 5.32 Å². The van der Waals surface area contributed by atoms with Crippen LogP contribution in [-0.4, -0.2) is 16.1 Å². The van der Waals surface area contributed by atoms with E-state index in [0.29, 0.717) is 24.0 Å². The molecule has 0 spiro atoms. The zero-order chi connectivity index (χ0) is 24.0. The Morgan fingerprint density at radius 1 is 0.939 bits per heavy atom. The minimum atomic E-state index is -4.61. The van der Waals surface area contributed by atoms with Crippen LogP contribution in [0.25, 0.3) is 11.1 Å². The molecule has 0 bridgehead atoms. The number of nitrogens with one attached hydrogen (secondary N) is 1. The van der Waals surface area contributed by atoms with Crippen molar-refractivity contribution >= 4 is 11.6 Å². The van der Waals surface area contributed by atoms with E-state index in [0.717, 1.165) is 11.6 Å². The first kappa shape index (κ1) is 22.7. The smallest absolute Gasteiger partial charge is 0.417 e. The number of hydrogen-bond acceptors (Lipinski definition) is 3. The number of benzene rings is 3. The maximum absolute atomic E-state index is 14.0. The number of anilines is 1. The summed E-state index contributed by atoms with van der Waals surface area (Å²) in [5.41, 5.74) is 0.183. The van der Waals surface area contributed by atoms with Gasteiger partial charge in [-0.2, -0.15) is 13.2 Å². The molecule has 3 aromatic carbocycles. The van der Waals surface area contributed by atoms with Crippen molar-refractivity contribution in [3.8, 4) is 22.6 Å². The van der Waals surface area contributed by atoms with Crippen LogP contribution in [0.4, 0.5) is 18.9 Å². The highest BCUT2D eigenvalue weighted by molar-refractivity contribution is 6.01. The van der Waals surface area contributed by atoms with Gasteiger partial charge in [0.15, 0.2) is 11.5 Å². The van der Waals surface area contributed by atoms with Gasteiger partial charge in [0.25, 0.3) is 0 Å². The first-order valence-corrected chi connectivity index (χ1v) is 10.7. The highest BCUT2D eigenvalue weighted by Gasteiger charge is 2.51. The number of rotatable bonds is 5. The molecule has 7 heteroatoms. The summed E-state index contributed by atoms with van der Waals surface area (Å²) in [6.45, 7) is 3.85. The molecule has 172 valence electrons. The topological polar surface area (TPSA) is 69.6 Å². The second-order valence-corrected chi connectivity index (χ2v) is 8.74. The lowest BCUT2D eigenvalue weighted by Gasteiger charge is -2.20. The van der Waals surface area contributed by atoms with Crippen LogP contribution in [0.2, 0.25) is 0 Å². The van der Waals surface area contributed by atoms with Gasteiger partial charge >= 0.3 is 6.18 Å². The molecule has 4 nitrogen and oxygen atoms in total. The van der Waals surface area contributed by atoms with Gasteiger partial charge in [0, 0.05) is 5.69 Å². The van der Waals surface area contributed by atoms with Gasteiger partial charge in [-0.3, -0.25) is 4.79 Å². The Kier molecular flexibility index (Phi) is 5.60. The summed E-state index contributed by atoms with van der Waals surface area (Å²) >= 11 is 0. The van der Waals surface area contributed by atoms with Crippen LogP contribution in [0.5, 0.6) is 11.5 Å². The molecule has 1 aliphatic carbocycles. The number of halogens is 3. The van der Waals surface area contributed by atoms with E-state index >= 15 is 0 Å². The predicted octanol–water partition coefficient (Wildman–Crippen LogP) is 6.58. The van der Waals surface area contributed by atoms with Crippen LogP contribution in [0, 0.1) is 0 Å². The Labute approximate surface area is 189 Å². The zero-order valence-corrected chi connectivity index (χ0v) is 18.2. The second-order valence-electron chi connectivity index (χ2n) is 8.74. The average Bonchev–Trinajstić information content (AvgIpc) is 3.57. The van der Waals surface area contributed by atoms with E-state index in [1.54, 1.807) is 18.2 Å². The minimum absolute atomic E-state index is 0.0399. The van der Waals surface area contributed by atoms with Crippen LogP contribution in [0.15, 0.2) is 60.7 Å². The number of phenols is 2. The van der Waals surface area contributed by atoms with Crippen molar-refractivity contribution < 1.29 is 28.2 Å². The van der Waals surface area contributed by atoms with E-state index in [9.17, 15) is 28.2 Å². The van der Waals surface area contributed by atoms with Crippen LogP contribution in [0.3, 0.4) is 0 Å². The molecular weight excluding hydrogens is 431 g/mol. The van der Waals surface area contributed by atoms with Gasteiger partial charge in [-0.25, -0.2) is 0 Å². The fraction of sp³-hybridized carbons (Fsp3) is 0.269. The summed E-state index contributed by atoms with van der Waals surface area (Å²) in [7, 11) is 0. The van der Waals surface area contributed by atoms with Gasteiger partial charge in [0.2, 0.25) is 5.91 Å². The molecule has 33 heavy (non-hydrogen) atoms. The monoisotopic (exact) mass is 455 g/mol. The van der Waals surface area contributed by atoms with Crippen molar-refractivity contribution in [3.05, 3.63) is 77.4 Å². The molecule has 1 saturated carbocycles. The third-order valence-electron chi connectivity index (χ3n) is 6.17. The number of amides is 1. The van der Waals surface area contributed by atoms with Gasteiger partial charge < -0.3 is 15.5 Å². The number of carbonyl (C=O) groups excluding carboxylic acids is 1. The Morgan fingerprint density at radius 2 is 1.64 bits per heavy atom. The summed E-state index contributed by atoms with van der Waals surface area (Å²) in [4.78, 5) is 13.0. The maximum atomic E-state index is 14.0. The third-order valence-corrected chi connectivity index (χ3v) is 6.17. The van der Waals surface area contributed by atoms with Gasteiger partial charge in [-0.15, -0.1) is 0 Å². The molecule has 0 atom stereocenters. The SMILES string of the molecule is CC(C)c1ccccc1-c1ccc(NC(=O)C2(c3ccc(O)c(O)c3)CC2)cc1C(F)(F)F. The molecule has 1 amide bonds. The molecule has 0 unspecified atom stereocenters. The number of carbonyl (C=O) groups is 1. The van der Waals surface area contributed by atoms with Gasteiger partial charge in [-0.05, 0) is 65.3 Å². The third kappa shape index (κ3) is 4.27. The normalized spacial score (nSPS) is 14.8. The lowest BCUT2D eigenvalue weighted by atomic mass is 9.89. The summed E-state index contributed by atoms with van der Waals surface area (Å²) in [5.74, 6) is -1.06. The first-order valence-electron chi connectivity index (χ1n) is 10.7. The molecule has 0 aromatic heterocycles. The van der Waals surface area contributed by atoms with Gasteiger partial charge in [0.05, 0.1) is 11.0 Å². The Balaban J connectivity index is 1.69. The quantitative estimate of drug-likeness (QED) is 0.381. The van der Waals surface area contributed by atoms with Crippen LogP contribution in [-0.2, 0) is 16.4 Å². The molecule has 0 radical (unpaired) electrons. The maximum Gasteiger partial charge on any atom is 0.417 e. The molecule has 3 N–H and O–H groups in total. The van der Waals surface area contributed by atoms with E-state index in [4.69, 9.17) is 0 Å². The van der Waals surface area contributed by atoms with Crippen LogP contribution in [0.1, 0.15) is 49.3 Å². The molecule has 1 fully saturated rings. The molecule has 0 aliphatic heterocycles. The molecule has 0 heterocycles. The van der Waals surface area contributed by atoms with Gasteiger partial charge in [0.1, 0.15) is 0 Å². The Morgan fingerprint density at radius 3 is 2.24 bits per heavy atom. The molecule has 4 rings (SSSR count). The van der Waals surface area contributed by atoms with Gasteiger partial charge in [-0.1, -0.05) is 50.2 Å². The number of hydrogen-bond donors (Lipinski definition) is 3. The van der Waals surface area contributed by atoms with Crippen molar-refractivity contribution in [2.75, 3.05) is 5.32 Å². The second kappa shape index (κ2) is 8.14. The van der Waals surface area contributed by atoms with E-state index in [2.05, 4.69) is 5.32 Å². The van der Waals surface area contributed by atoms with Crippen molar-refractivity contribution in [1.29, 1.82) is 0 Å². The Hall–Kier alpha value is -3.48. The lowest BCUT2D eigenvalue weighted by Crippen LogP contribution is -2.28. The molecule has 3 aromatic rings. The summed E-state index contributed by atoms with van der Waals surface area (Å²) < 4.78 is 42.0. The number of aromatic hydroxyl groups is 2. The summed E-state index contributed by atoms with van der Waals surface area (Å²) in [6, 6.07) is 15.0. The highest BCUT2D eigenvalue weighted by Crippen LogP contribution is 2.50. The first-order chi connectivity index (χ1) is 15.5. The van der Waals surface area contributed by atoms with E-state index in [-0.39, 0.29) is 28.7 Å². The van der Waals surface area contributed by atoms with E-state index in [1.165, 1.54) is 30.3 Å². The largest absolute Gasteiger partial charge is 0.504 e. The Bertz CT molecular complexity index is 1210. The van der Waals surface area contributed by atoms with Crippen LogP contribution >= 0.6 is 0 Å². The van der Waals surface area contributed by atoms with E-state index < -0.39 is 23.1 Å². The predicted molar refractivity (Wildman–Crippen MR) is 120 cm³/mol. The lowest BCUT2D eigenvalue weighted by molar-refractivity contribution is -0.137. The fourth-order valence-corrected chi connectivity index (χ4v) is 4.18. The number of alkyl halides is 3. The standard InChI is InChI=1S/C26H24F3NO3/c1-15(2)18-5-3-4-6-19(18)20-9-8-17(14-21(20)26(27,28)29)30-24(33)25(11-12-25)16-7-10-22(31)23(32)13-16/h3-10,13-15,31-32H,11-12H2,1-2H3,(H,30,33). The van der Waals surface area contributed by atoms with Crippen molar-refractivity contribution in [3.63, 3.8) is 0 Å². The highest BCUT2D eigenvalue weighted by atomic mass is 19.4. The molecular formula is C26H24F3NO3. The summed E-state index contributed by atoms with van der Waals surface area (Å²) in [6.07, 6.45) is -3.62. The average molecular weight is 455 g/mol. The molecule has 0 saturated heterocycles. The minimum Gasteiger partial charge on any atom is -0.504 e. The van der Waals surface area contributed by atoms with Crippen molar-refractivity contribution in [1.82, 2.24) is 0 Å². The zero-order valence-electron chi connectivity index (χ0n) is 18.2. The van der Waals surface area contributed by atoms with Crippen molar-refractivity contribution in [2.24, 2.45) is 0 Å². The number of phenolic OH excluding ortho intramolecular Hbond substituents is 2. The van der Waals surface area contributed by atoms with E-state index in [1.807, 2.05) is 19.9 Å². The van der Waals surface area contributed by atoms with Crippen molar-refractivity contribution in [2.45, 2.75) is 44.2 Å².